The maximum absolute atomic E-state index is 10.6. The van der Waals surface area contributed by atoms with E-state index < -0.39 is 5.97 Å². The molecule has 2 aromatic heterocycles. The van der Waals surface area contributed by atoms with Gasteiger partial charge in [0.25, 0.3) is 0 Å². The van der Waals surface area contributed by atoms with Crippen molar-refractivity contribution < 1.29 is 9.90 Å². The summed E-state index contributed by atoms with van der Waals surface area (Å²) in [4.78, 5) is 14.9. The Kier molecular flexibility index (Phi) is 3.44. The number of pyridine rings is 1. The highest BCUT2D eigenvalue weighted by Crippen LogP contribution is 2.26. The molecule has 0 saturated carbocycles. The lowest BCUT2D eigenvalue weighted by Gasteiger charge is -2.05. The summed E-state index contributed by atoms with van der Waals surface area (Å²) in [6.45, 7) is 0. The van der Waals surface area contributed by atoms with Crippen molar-refractivity contribution in [2.75, 3.05) is 11.6 Å². The van der Waals surface area contributed by atoms with E-state index in [1.165, 1.54) is 4.68 Å². The number of fused-ring (bicyclic) bond motifs is 1. The third-order valence-corrected chi connectivity index (χ3v) is 3.80. The van der Waals surface area contributed by atoms with E-state index in [4.69, 9.17) is 10.9 Å². The second kappa shape index (κ2) is 5.41. The van der Waals surface area contributed by atoms with Gasteiger partial charge in [0.05, 0.1) is 5.75 Å². The molecule has 1 aromatic carbocycles. The minimum atomic E-state index is -0.937. The third-order valence-electron chi connectivity index (χ3n) is 2.87. The van der Waals surface area contributed by atoms with Crippen LogP contribution >= 0.6 is 11.8 Å². The molecule has 0 aliphatic rings. The monoisotopic (exact) mass is 301 g/mol. The highest BCUT2D eigenvalue weighted by molar-refractivity contribution is 7.99. The molecule has 8 heteroatoms. The fourth-order valence-electron chi connectivity index (χ4n) is 1.96. The predicted molar refractivity (Wildman–Crippen MR) is 79.3 cm³/mol. The highest BCUT2D eigenvalue weighted by atomic mass is 32.2. The summed E-state index contributed by atoms with van der Waals surface area (Å²) in [6.07, 6.45) is 1.68. The predicted octanol–water partition coefficient (Wildman–Crippen LogP) is 1.38. The molecule has 0 radical (unpaired) electrons. The number of benzene rings is 1. The Hall–Kier alpha value is -2.61. The Morgan fingerprint density at radius 3 is 2.90 bits per heavy atom. The molecule has 0 aliphatic carbocycles. The minimum absolute atomic E-state index is 0.127. The van der Waals surface area contributed by atoms with Gasteiger partial charge in [0.1, 0.15) is 5.69 Å². The fraction of sp³-hybridized carbons (Fsp3) is 0.0769. The van der Waals surface area contributed by atoms with Crippen molar-refractivity contribution in [3.8, 4) is 11.5 Å². The van der Waals surface area contributed by atoms with Crippen LogP contribution in [-0.4, -0.2) is 36.7 Å². The van der Waals surface area contributed by atoms with Crippen molar-refractivity contribution in [2.45, 2.75) is 5.16 Å². The molecule has 0 spiro atoms. The summed E-state index contributed by atoms with van der Waals surface area (Å²) in [5.41, 5.74) is 0.616. The highest BCUT2D eigenvalue weighted by Gasteiger charge is 2.16. The molecule has 0 amide bonds. The number of nitrogen functional groups attached to an aromatic ring is 1. The SMILES string of the molecule is Nn1c(SCC(=O)O)nnc1-c1nccc2ccccc12. The van der Waals surface area contributed by atoms with Crippen molar-refractivity contribution in [1.29, 1.82) is 0 Å². The van der Waals surface area contributed by atoms with Crippen LogP contribution in [0.2, 0.25) is 0 Å². The lowest BCUT2D eigenvalue weighted by atomic mass is 10.1. The number of nitrogens with two attached hydrogens (primary N) is 1. The molecule has 0 unspecified atom stereocenters. The van der Waals surface area contributed by atoms with Crippen molar-refractivity contribution >= 4 is 28.5 Å². The molecule has 0 aliphatic heterocycles. The first-order valence-electron chi connectivity index (χ1n) is 6.06. The molecule has 3 aromatic rings. The molecule has 3 rings (SSSR count). The lowest BCUT2D eigenvalue weighted by Crippen LogP contribution is -2.13. The number of aliphatic carboxylic acids is 1. The second-order valence-corrected chi connectivity index (χ2v) is 5.18. The largest absolute Gasteiger partial charge is 0.481 e. The Balaban J connectivity index is 2.05. The van der Waals surface area contributed by atoms with E-state index in [-0.39, 0.29) is 5.75 Å². The van der Waals surface area contributed by atoms with Gasteiger partial charge in [-0.05, 0) is 11.5 Å². The molecular formula is C13H11N5O2S. The van der Waals surface area contributed by atoms with Gasteiger partial charge in [-0.1, -0.05) is 36.0 Å². The molecule has 0 saturated heterocycles. The summed E-state index contributed by atoms with van der Waals surface area (Å²) < 4.78 is 1.27. The van der Waals surface area contributed by atoms with E-state index >= 15 is 0 Å². The van der Waals surface area contributed by atoms with Crippen LogP contribution in [-0.2, 0) is 4.79 Å². The lowest BCUT2D eigenvalue weighted by molar-refractivity contribution is -0.133. The average molecular weight is 301 g/mol. The summed E-state index contributed by atoms with van der Waals surface area (Å²) in [7, 11) is 0. The van der Waals surface area contributed by atoms with Crippen molar-refractivity contribution in [3.05, 3.63) is 36.5 Å². The number of hydrogen-bond acceptors (Lipinski definition) is 6. The number of aromatic nitrogens is 4. The maximum Gasteiger partial charge on any atom is 0.313 e. The van der Waals surface area contributed by atoms with Gasteiger partial charge < -0.3 is 10.9 Å². The van der Waals surface area contributed by atoms with Crippen LogP contribution in [0.25, 0.3) is 22.3 Å². The maximum atomic E-state index is 10.6. The molecule has 21 heavy (non-hydrogen) atoms. The van der Waals surface area contributed by atoms with Gasteiger partial charge in [0.15, 0.2) is 0 Å². The number of thioether (sulfide) groups is 1. The normalized spacial score (nSPS) is 10.9. The van der Waals surface area contributed by atoms with Gasteiger partial charge in [-0.3, -0.25) is 9.78 Å². The zero-order valence-corrected chi connectivity index (χ0v) is 11.6. The summed E-state index contributed by atoms with van der Waals surface area (Å²) in [6, 6.07) is 9.64. The number of rotatable bonds is 4. The van der Waals surface area contributed by atoms with Gasteiger partial charge in [0.2, 0.25) is 11.0 Å². The smallest absolute Gasteiger partial charge is 0.313 e. The Bertz CT molecular complexity index is 812. The Labute approximate surface area is 123 Å². The molecule has 106 valence electrons. The van der Waals surface area contributed by atoms with Crippen LogP contribution in [0.15, 0.2) is 41.7 Å². The van der Waals surface area contributed by atoms with E-state index in [0.29, 0.717) is 16.7 Å². The number of carboxylic acids is 1. The zero-order chi connectivity index (χ0) is 14.8. The van der Waals surface area contributed by atoms with Crippen LogP contribution in [0, 0.1) is 0 Å². The van der Waals surface area contributed by atoms with E-state index in [9.17, 15) is 4.79 Å². The number of carbonyl (C=O) groups is 1. The molecule has 2 heterocycles. The topological polar surface area (TPSA) is 107 Å². The van der Waals surface area contributed by atoms with Crippen LogP contribution in [0.4, 0.5) is 0 Å². The average Bonchev–Trinajstić information content (AvgIpc) is 2.85. The molecule has 7 nitrogen and oxygen atoms in total. The van der Waals surface area contributed by atoms with E-state index in [1.54, 1.807) is 6.20 Å². The van der Waals surface area contributed by atoms with Gasteiger partial charge >= 0.3 is 5.97 Å². The molecule has 0 fully saturated rings. The van der Waals surface area contributed by atoms with Crippen LogP contribution in [0.3, 0.4) is 0 Å². The van der Waals surface area contributed by atoms with Gasteiger partial charge in [0, 0.05) is 11.6 Å². The van der Waals surface area contributed by atoms with Crippen molar-refractivity contribution in [2.24, 2.45) is 0 Å². The first-order chi connectivity index (χ1) is 10.2. The van der Waals surface area contributed by atoms with E-state index in [2.05, 4.69) is 15.2 Å². The van der Waals surface area contributed by atoms with Gasteiger partial charge in [-0.2, -0.15) is 0 Å². The Morgan fingerprint density at radius 1 is 1.29 bits per heavy atom. The summed E-state index contributed by atoms with van der Waals surface area (Å²) in [5.74, 6) is 5.29. The van der Waals surface area contributed by atoms with Crippen molar-refractivity contribution in [1.82, 2.24) is 19.9 Å². The number of carboxylic acid groups (broad SMARTS) is 1. The van der Waals surface area contributed by atoms with Crippen molar-refractivity contribution in [3.63, 3.8) is 0 Å². The number of hydrogen-bond donors (Lipinski definition) is 2. The van der Waals surface area contributed by atoms with Crippen LogP contribution < -0.4 is 5.84 Å². The third kappa shape index (κ3) is 2.52. The summed E-state index contributed by atoms with van der Waals surface area (Å²) in [5, 5.41) is 18.9. The fourth-order valence-corrected chi connectivity index (χ4v) is 2.54. The number of nitrogens with zero attached hydrogens (tertiary/aromatic N) is 4. The van der Waals surface area contributed by atoms with Crippen LogP contribution in [0.1, 0.15) is 0 Å². The molecular weight excluding hydrogens is 290 g/mol. The summed E-state index contributed by atoms with van der Waals surface area (Å²) >= 11 is 1.01. The minimum Gasteiger partial charge on any atom is -0.481 e. The first kappa shape index (κ1) is 13.4. The van der Waals surface area contributed by atoms with Crippen LogP contribution in [0.5, 0.6) is 0 Å². The van der Waals surface area contributed by atoms with Gasteiger partial charge in [-0.25, -0.2) is 4.68 Å². The quantitative estimate of drug-likeness (QED) is 0.553. The van der Waals surface area contributed by atoms with Gasteiger partial charge in [-0.15, -0.1) is 10.2 Å². The standard InChI is InChI=1S/C13H11N5O2S/c14-18-12(16-17-13(18)21-7-10(19)20)11-9-4-2-1-3-8(9)5-6-15-11/h1-6H,7,14H2,(H,19,20). The first-order valence-corrected chi connectivity index (χ1v) is 7.04. The van der Waals surface area contributed by atoms with E-state index in [1.807, 2.05) is 30.3 Å². The molecule has 3 N–H and O–H groups in total. The molecule has 0 bridgehead atoms. The Morgan fingerprint density at radius 2 is 2.10 bits per heavy atom. The zero-order valence-electron chi connectivity index (χ0n) is 10.8. The second-order valence-electron chi connectivity index (χ2n) is 4.24. The van der Waals surface area contributed by atoms with E-state index in [0.717, 1.165) is 22.5 Å². The molecule has 0 atom stereocenters.